The van der Waals surface area contributed by atoms with Crippen molar-refractivity contribution in [3.8, 4) is 5.75 Å². The normalized spacial score (nSPS) is 17.9. The van der Waals surface area contributed by atoms with Crippen LogP contribution in [0.2, 0.25) is 0 Å². The Kier molecular flexibility index (Phi) is 4.33. The number of hydrogen-bond donors (Lipinski definition) is 2. The van der Waals surface area contributed by atoms with Gasteiger partial charge in [0.25, 0.3) is 5.56 Å². The van der Waals surface area contributed by atoms with Crippen molar-refractivity contribution in [2.45, 2.75) is 26.3 Å². The molecule has 8 nitrogen and oxygen atoms in total. The largest absolute Gasteiger partial charge is 0.496 e. The topological polar surface area (TPSA) is 102 Å². The average molecular weight is 383 g/mol. The zero-order valence-electron chi connectivity index (χ0n) is 15.9. The number of fused-ring (bicyclic) bond motifs is 1. The Morgan fingerprint density at radius 1 is 1.25 bits per heavy atom. The van der Waals surface area contributed by atoms with Crippen LogP contribution in [0.4, 0.5) is 5.82 Å². The number of carbonyl (C=O) groups excluding carboxylic acids is 1. The lowest BCUT2D eigenvalue weighted by molar-refractivity contribution is -0.136. The molecule has 0 spiro atoms. The SMILES string of the molecule is COc1ccccc1[C@H]1C2=C(COC2=O)Nc2c1c(=O)[nH]c(=O)n2CC(C)C. The number of cyclic esters (lactones) is 1. The number of ether oxygens (including phenoxy) is 2. The van der Waals surface area contributed by atoms with Crippen molar-refractivity contribution >= 4 is 11.8 Å². The summed E-state index contributed by atoms with van der Waals surface area (Å²) >= 11 is 0. The summed E-state index contributed by atoms with van der Waals surface area (Å²) in [6.07, 6.45) is 0. The molecule has 2 aliphatic rings. The number of nitrogens with zero attached hydrogens (tertiary/aromatic N) is 1. The summed E-state index contributed by atoms with van der Waals surface area (Å²) in [5.41, 5.74) is 0.891. The lowest BCUT2D eigenvalue weighted by atomic mass is 9.82. The van der Waals surface area contributed by atoms with Crippen molar-refractivity contribution in [3.05, 3.63) is 67.5 Å². The molecule has 0 fully saturated rings. The van der Waals surface area contributed by atoms with Gasteiger partial charge in [-0.1, -0.05) is 32.0 Å². The van der Waals surface area contributed by atoms with Gasteiger partial charge in [0.1, 0.15) is 18.2 Å². The molecule has 1 aromatic carbocycles. The van der Waals surface area contributed by atoms with Gasteiger partial charge >= 0.3 is 11.7 Å². The molecule has 2 N–H and O–H groups in total. The van der Waals surface area contributed by atoms with Crippen LogP contribution in [-0.4, -0.2) is 29.2 Å². The van der Waals surface area contributed by atoms with Gasteiger partial charge in [0, 0.05) is 12.1 Å². The lowest BCUT2D eigenvalue weighted by Crippen LogP contribution is -2.39. The molecule has 0 bridgehead atoms. The van der Waals surface area contributed by atoms with Crippen LogP contribution in [0.3, 0.4) is 0 Å². The van der Waals surface area contributed by atoms with Gasteiger partial charge < -0.3 is 14.8 Å². The van der Waals surface area contributed by atoms with E-state index in [1.165, 1.54) is 11.7 Å². The van der Waals surface area contributed by atoms with E-state index >= 15 is 0 Å². The van der Waals surface area contributed by atoms with Gasteiger partial charge in [-0.3, -0.25) is 14.3 Å². The van der Waals surface area contributed by atoms with Crippen molar-refractivity contribution < 1.29 is 14.3 Å². The highest BCUT2D eigenvalue weighted by Crippen LogP contribution is 2.44. The van der Waals surface area contributed by atoms with Crippen LogP contribution in [0, 0.1) is 5.92 Å². The van der Waals surface area contributed by atoms with E-state index in [1.54, 1.807) is 6.07 Å². The van der Waals surface area contributed by atoms with E-state index in [4.69, 9.17) is 9.47 Å². The molecule has 1 atom stereocenters. The minimum absolute atomic E-state index is 0.0714. The number of rotatable bonds is 4. The number of carbonyl (C=O) groups is 1. The first kappa shape index (κ1) is 18.1. The summed E-state index contributed by atoms with van der Waals surface area (Å²) in [4.78, 5) is 40.3. The second-order valence-corrected chi connectivity index (χ2v) is 7.29. The summed E-state index contributed by atoms with van der Waals surface area (Å²) in [6, 6.07) is 7.22. The maximum absolute atomic E-state index is 12.9. The fourth-order valence-electron chi connectivity index (χ4n) is 3.84. The minimum atomic E-state index is -0.694. The van der Waals surface area contributed by atoms with E-state index in [9.17, 15) is 14.4 Å². The number of benzene rings is 1. The maximum atomic E-state index is 12.9. The number of H-pyrrole nitrogens is 1. The van der Waals surface area contributed by atoms with Gasteiger partial charge in [-0.25, -0.2) is 9.59 Å². The van der Waals surface area contributed by atoms with E-state index < -0.39 is 23.1 Å². The predicted octanol–water partition coefficient (Wildman–Crippen LogP) is 1.57. The van der Waals surface area contributed by atoms with Crippen LogP contribution in [0.5, 0.6) is 5.75 Å². The molecule has 0 aliphatic carbocycles. The first-order valence-corrected chi connectivity index (χ1v) is 9.09. The van der Waals surface area contributed by atoms with Crippen LogP contribution in [0.1, 0.15) is 30.9 Å². The number of para-hydroxylation sites is 1. The number of methoxy groups -OCH3 is 1. The van der Waals surface area contributed by atoms with Crippen molar-refractivity contribution in [3.63, 3.8) is 0 Å². The molecular formula is C20H21N3O5. The highest BCUT2D eigenvalue weighted by Gasteiger charge is 2.42. The van der Waals surface area contributed by atoms with E-state index in [0.29, 0.717) is 40.5 Å². The first-order chi connectivity index (χ1) is 13.4. The third-order valence-electron chi connectivity index (χ3n) is 4.97. The quantitative estimate of drug-likeness (QED) is 0.777. The Hall–Kier alpha value is -3.29. The van der Waals surface area contributed by atoms with E-state index in [1.807, 2.05) is 32.0 Å². The highest BCUT2D eigenvalue weighted by atomic mass is 16.5. The monoisotopic (exact) mass is 383 g/mol. The van der Waals surface area contributed by atoms with Gasteiger partial charge in [-0.05, 0) is 12.0 Å². The molecule has 4 rings (SSSR count). The summed E-state index contributed by atoms with van der Waals surface area (Å²) in [6.45, 7) is 4.46. The average Bonchev–Trinajstić information content (AvgIpc) is 3.04. The fraction of sp³-hybridized carbons (Fsp3) is 0.350. The van der Waals surface area contributed by atoms with Gasteiger partial charge in [0.05, 0.1) is 29.9 Å². The summed E-state index contributed by atoms with van der Waals surface area (Å²) in [7, 11) is 1.53. The van der Waals surface area contributed by atoms with Crippen molar-refractivity contribution in [2.75, 3.05) is 19.0 Å². The molecule has 0 unspecified atom stereocenters. The molecule has 0 saturated carbocycles. The minimum Gasteiger partial charge on any atom is -0.496 e. The van der Waals surface area contributed by atoms with Crippen LogP contribution < -0.4 is 21.3 Å². The highest BCUT2D eigenvalue weighted by molar-refractivity contribution is 5.97. The molecular weight excluding hydrogens is 362 g/mol. The number of anilines is 1. The molecule has 8 heteroatoms. The van der Waals surface area contributed by atoms with Crippen molar-refractivity contribution in [1.29, 1.82) is 0 Å². The second kappa shape index (κ2) is 6.70. The second-order valence-electron chi connectivity index (χ2n) is 7.29. The van der Waals surface area contributed by atoms with E-state index in [2.05, 4.69) is 10.3 Å². The first-order valence-electron chi connectivity index (χ1n) is 9.09. The molecule has 3 heterocycles. The summed E-state index contributed by atoms with van der Waals surface area (Å²) < 4.78 is 12.2. The van der Waals surface area contributed by atoms with E-state index in [0.717, 1.165) is 0 Å². The Bertz CT molecular complexity index is 1110. The Balaban J connectivity index is 2.05. The molecule has 146 valence electrons. The van der Waals surface area contributed by atoms with Gasteiger partial charge in [-0.15, -0.1) is 0 Å². The third kappa shape index (κ3) is 2.72. The molecule has 2 aliphatic heterocycles. The smallest absolute Gasteiger partial charge is 0.337 e. The molecule has 2 aromatic rings. The Morgan fingerprint density at radius 3 is 2.71 bits per heavy atom. The van der Waals surface area contributed by atoms with Gasteiger partial charge in [-0.2, -0.15) is 0 Å². The molecule has 1 aromatic heterocycles. The van der Waals surface area contributed by atoms with Crippen LogP contribution >= 0.6 is 0 Å². The zero-order valence-corrected chi connectivity index (χ0v) is 15.9. The fourth-order valence-corrected chi connectivity index (χ4v) is 3.84. The zero-order chi connectivity index (χ0) is 20.0. The molecule has 0 amide bonds. The van der Waals surface area contributed by atoms with Crippen LogP contribution in [-0.2, 0) is 16.1 Å². The molecule has 0 saturated heterocycles. The lowest BCUT2D eigenvalue weighted by Gasteiger charge is -2.29. The standard InChI is InChI=1S/C20H21N3O5/c1-10(2)8-23-17-16(18(24)22-20(23)26)14(11-6-4-5-7-13(11)27-3)15-12(21-17)9-28-19(15)25/h4-7,10,14,21H,8-9H2,1-3H3,(H,22,24,26)/t14-/m0/s1. The third-order valence-corrected chi connectivity index (χ3v) is 4.97. The Labute approximate surface area is 160 Å². The van der Waals surface area contributed by atoms with Crippen molar-refractivity contribution in [2.24, 2.45) is 5.92 Å². The predicted molar refractivity (Wildman–Crippen MR) is 103 cm³/mol. The van der Waals surface area contributed by atoms with Gasteiger partial charge in [0.2, 0.25) is 0 Å². The maximum Gasteiger partial charge on any atom is 0.337 e. The number of esters is 1. The number of aromatic amines is 1. The number of aromatic nitrogens is 2. The molecule has 28 heavy (non-hydrogen) atoms. The van der Waals surface area contributed by atoms with Crippen LogP contribution in [0.15, 0.2) is 45.1 Å². The number of nitrogens with one attached hydrogen (secondary N) is 2. The molecule has 0 radical (unpaired) electrons. The van der Waals surface area contributed by atoms with Gasteiger partial charge in [0.15, 0.2) is 0 Å². The van der Waals surface area contributed by atoms with Crippen LogP contribution in [0.25, 0.3) is 0 Å². The van der Waals surface area contributed by atoms with E-state index in [-0.39, 0.29) is 12.5 Å². The summed E-state index contributed by atoms with van der Waals surface area (Å²) in [5, 5.41) is 3.12. The Morgan fingerprint density at radius 2 is 2.00 bits per heavy atom. The number of hydrogen-bond acceptors (Lipinski definition) is 6. The van der Waals surface area contributed by atoms with Crippen molar-refractivity contribution in [1.82, 2.24) is 9.55 Å². The summed E-state index contributed by atoms with van der Waals surface area (Å²) in [5.74, 6) is -0.0513.